The summed E-state index contributed by atoms with van der Waals surface area (Å²) in [5.41, 5.74) is -0.423. The first-order valence-electron chi connectivity index (χ1n) is 5.96. The first-order valence-corrected chi connectivity index (χ1v) is 5.96. The molecule has 0 aromatic carbocycles. The topological polar surface area (TPSA) is 102 Å². The van der Waals surface area contributed by atoms with Gasteiger partial charge in [0.05, 0.1) is 6.61 Å². The van der Waals surface area contributed by atoms with E-state index in [-0.39, 0.29) is 24.7 Å². The van der Waals surface area contributed by atoms with Crippen LogP contribution in [-0.2, 0) is 9.53 Å². The molecule has 0 amide bonds. The number of oxazole rings is 1. The van der Waals surface area contributed by atoms with E-state index >= 15 is 0 Å². The number of anilines is 1. The summed E-state index contributed by atoms with van der Waals surface area (Å²) in [7, 11) is 0. The zero-order valence-electron chi connectivity index (χ0n) is 11.2. The van der Waals surface area contributed by atoms with Crippen LogP contribution in [0.15, 0.2) is 10.7 Å². The number of nitrogens with one attached hydrogen (secondary N) is 1. The summed E-state index contributed by atoms with van der Waals surface area (Å²) in [5.74, 6) is -1.42. The summed E-state index contributed by atoms with van der Waals surface area (Å²) in [6.07, 6.45) is 1.64. The summed E-state index contributed by atoms with van der Waals surface area (Å²) in [6.45, 7) is 5.61. The predicted molar refractivity (Wildman–Crippen MR) is 67.0 cm³/mol. The van der Waals surface area contributed by atoms with Crippen LogP contribution in [0.1, 0.15) is 44.1 Å². The van der Waals surface area contributed by atoms with Crippen molar-refractivity contribution in [1.82, 2.24) is 4.98 Å². The molecular formula is C12H18N2O5. The maximum absolute atomic E-state index is 11.4. The Bertz CT molecular complexity index is 453. The van der Waals surface area contributed by atoms with Crippen molar-refractivity contribution in [1.29, 1.82) is 0 Å². The minimum atomic E-state index is -0.866. The van der Waals surface area contributed by atoms with Gasteiger partial charge >= 0.3 is 11.9 Å². The van der Waals surface area contributed by atoms with Gasteiger partial charge in [0.2, 0.25) is 0 Å². The Balaban J connectivity index is 2.62. The number of carboxylic acid groups (broad SMARTS) is 1. The fourth-order valence-corrected chi connectivity index (χ4v) is 1.40. The van der Waals surface area contributed by atoms with E-state index in [0.29, 0.717) is 6.42 Å². The average Bonchev–Trinajstić information content (AvgIpc) is 2.75. The van der Waals surface area contributed by atoms with Crippen molar-refractivity contribution in [2.75, 3.05) is 11.9 Å². The molecule has 106 valence electrons. The van der Waals surface area contributed by atoms with Crippen LogP contribution in [0.5, 0.6) is 0 Å². The smallest absolute Gasteiger partial charge is 0.360 e. The molecule has 7 nitrogen and oxygen atoms in total. The fraction of sp³-hybridized carbons (Fsp3) is 0.583. The maximum atomic E-state index is 11.4. The van der Waals surface area contributed by atoms with Crippen molar-refractivity contribution < 1.29 is 23.8 Å². The highest BCUT2D eigenvalue weighted by Crippen LogP contribution is 2.19. The fourth-order valence-electron chi connectivity index (χ4n) is 1.40. The van der Waals surface area contributed by atoms with Crippen LogP contribution >= 0.6 is 0 Å². The standard InChI is InChI=1S/C12H18N2O5/c1-4-18-10(17)8-7-19-11(13-8)14-12(2,3)6-5-9(15)16/h7H,4-6H2,1-3H3,(H,13,14)(H,15,16). The van der Waals surface area contributed by atoms with E-state index in [9.17, 15) is 9.59 Å². The van der Waals surface area contributed by atoms with E-state index in [2.05, 4.69) is 10.3 Å². The average molecular weight is 270 g/mol. The molecule has 0 aliphatic rings. The lowest BCUT2D eigenvalue weighted by Crippen LogP contribution is -2.31. The second-order valence-corrected chi connectivity index (χ2v) is 4.66. The van der Waals surface area contributed by atoms with Crippen LogP contribution < -0.4 is 5.32 Å². The van der Waals surface area contributed by atoms with E-state index in [1.165, 1.54) is 6.26 Å². The van der Waals surface area contributed by atoms with Gasteiger partial charge in [-0.3, -0.25) is 4.79 Å². The predicted octanol–water partition coefficient (Wildman–Crippen LogP) is 1.91. The molecule has 0 aliphatic carbocycles. The molecule has 1 aromatic heterocycles. The van der Waals surface area contributed by atoms with Crippen LogP contribution in [-0.4, -0.2) is 34.2 Å². The molecule has 0 radical (unpaired) electrons. The number of rotatable bonds is 7. The molecule has 1 heterocycles. The maximum Gasteiger partial charge on any atom is 0.360 e. The number of esters is 1. The van der Waals surface area contributed by atoms with Crippen molar-refractivity contribution in [2.45, 2.75) is 39.2 Å². The number of hydrogen-bond donors (Lipinski definition) is 2. The first-order chi connectivity index (χ1) is 8.84. The summed E-state index contributed by atoms with van der Waals surface area (Å²) in [4.78, 5) is 25.9. The molecule has 0 unspecified atom stereocenters. The molecular weight excluding hydrogens is 252 g/mol. The second kappa shape index (κ2) is 6.21. The van der Waals surface area contributed by atoms with E-state index in [1.54, 1.807) is 6.92 Å². The van der Waals surface area contributed by atoms with Crippen LogP contribution in [0.3, 0.4) is 0 Å². The number of hydrogen-bond acceptors (Lipinski definition) is 6. The number of aromatic nitrogens is 1. The molecule has 19 heavy (non-hydrogen) atoms. The number of aliphatic carboxylic acids is 1. The number of carbonyl (C=O) groups is 2. The quantitative estimate of drug-likeness (QED) is 0.729. The summed E-state index contributed by atoms with van der Waals surface area (Å²) in [5, 5.41) is 11.6. The number of ether oxygens (including phenoxy) is 1. The Morgan fingerprint density at radius 1 is 1.53 bits per heavy atom. The second-order valence-electron chi connectivity index (χ2n) is 4.66. The third kappa shape index (κ3) is 4.99. The van der Waals surface area contributed by atoms with Gasteiger partial charge in [-0.25, -0.2) is 4.79 Å². The molecule has 0 bridgehead atoms. The van der Waals surface area contributed by atoms with Crippen molar-refractivity contribution in [3.8, 4) is 0 Å². The molecule has 1 aromatic rings. The molecule has 0 aliphatic heterocycles. The van der Waals surface area contributed by atoms with E-state index in [4.69, 9.17) is 14.3 Å². The molecule has 7 heteroatoms. The largest absolute Gasteiger partial charge is 0.481 e. The lowest BCUT2D eigenvalue weighted by molar-refractivity contribution is -0.137. The van der Waals surface area contributed by atoms with Crippen molar-refractivity contribution >= 4 is 18.0 Å². The monoisotopic (exact) mass is 270 g/mol. The van der Waals surface area contributed by atoms with Gasteiger partial charge in [0.25, 0.3) is 6.01 Å². The van der Waals surface area contributed by atoms with Crippen molar-refractivity contribution in [2.24, 2.45) is 0 Å². The normalized spacial score (nSPS) is 11.1. The number of nitrogens with zero attached hydrogens (tertiary/aromatic N) is 1. The summed E-state index contributed by atoms with van der Waals surface area (Å²) < 4.78 is 9.89. The van der Waals surface area contributed by atoms with Gasteiger partial charge in [0, 0.05) is 12.0 Å². The van der Waals surface area contributed by atoms with Crippen LogP contribution in [0.4, 0.5) is 6.01 Å². The minimum absolute atomic E-state index is 0.0332. The molecule has 0 spiro atoms. The molecule has 2 N–H and O–H groups in total. The summed E-state index contributed by atoms with van der Waals surface area (Å²) in [6, 6.07) is 0.165. The van der Waals surface area contributed by atoms with Gasteiger partial charge in [0.15, 0.2) is 5.69 Å². The SMILES string of the molecule is CCOC(=O)c1coc(NC(C)(C)CCC(=O)O)n1. The molecule has 0 fully saturated rings. The van der Waals surface area contributed by atoms with Crippen LogP contribution in [0.25, 0.3) is 0 Å². The Hall–Kier alpha value is -2.05. The Morgan fingerprint density at radius 3 is 2.79 bits per heavy atom. The van der Waals surface area contributed by atoms with Gasteiger partial charge in [-0.1, -0.05) is 0 Å². The van der Waals surface area contributed by atoms with Gasteiger partial charge in [-0.15, -0.1) is 0 Å². The first kappa shape index (κ1) is 15.0. The highest BCUT2D eigenvalue weighted by molar-refractivity contribution is 5.87. The number of carbonyl (C=O) groups excluding carboxylic acids is 1. The van der Waals surface area contributed by atoms with Gasteiger partial charge in [-0.05, 0) is 27.2 Å². The zero-order chi connectivity index (χ0) is 14.5. The van der Waals surface area contributed by atoms with E-state index < -0.39 is 17.5 Å². The minimum Gasteiger partial charge on any atom is -0.481 e. The Kier molecular flexibility index (Phi) is 4.91. The molecule has 1 rings (SSSR count). The van der Waals surface area contributed by atoms with Gasteiger partial charge in [0.1, 0.15) is 6.26 Å². The third-order valence-electron chi connectivity index (χ3n) is 2.40. The summed E-state index contributed by atoms with van der Waals surface area (Å²) >= 11 is 0. The lowest BCUT2D eigenvalue weighted by Gasteiger charge is -2.24. The van der Waals surface area contributed by atoms with Gasteiger partial charge in [-0.2, -0.15) is 4.98 Å². The molecule has 0 saturated heterocycles. The third-order valence-corrected chi connectivity index (χ3v) is 2.40. The molecule has 0 atom stereocenters. The Labute approximate surface area is 111 Å². The zero-order valence-corrected chi connectivity index (χ0v) is 11.2. The van der Waals surface area contributed by atoms with Gasteiger partial charge < -0.3 is 19.6 Å². The molecule has 0 saturated carbocycles. The highest BCUT2D eigenvalue weighted by Gasteiger charge is 2.22. The van der Waals surface area contributed by atoms with Crippen molar-refractivity contribution in [3.63, 3.8) is 0 Å². The Morgan fingerprint density at radius 2 is 2.21 bits per heavy atom. The van der Waals surface area contributed by atoms with Crippen LogP contribution in [0, 0.1) is 0 Å². The van der Waals surface area contributed by atoms with Crippen LogP contribution in [0.2, 0.25) is 0 Å². The van der Waals surface area contributed by atoms with E-state index in [1.807, 2.05) is 13.8 Å². The van der Waals surface area contributed by atoms with E-state index in [0.717, 1.165) is 0 Å². The van der Waals surface area contributed by atoms with Crippen molar-refractivity contribution in [3.05, 3.63) is 12.0 Å². The number of carboxylic acids is 1. The lowest BCUT2D eigenvalue weighted by atomic mass is 9.99. The highest BCUT2D eigenvalue weighted by atomic mass is 16.5.